The Kier molecular flexibility index (Phi) is 4.60. The summed E-state index contributed by atoms with van der Waals surface area (Å²) in [6.07, 6.45) is 0. The van der Waals surface area contributed by atoms with E-state index in [0.29, 0.717) is 12.1 Å². The van der Waals surface area contributed by atoms with Crippen molar-refractivity contribution in [3.05, 3.63) is 49.5 Å². The van der Waals surface area contributed by atoms with E-state index in [2.05, 4.69) is 4.74 Å². The molecule has 26 heavy (non-hydrogen) atoms. The molecule has 1 aromatic heterocycles. The molecule has 0 amide bonds. The number of hydrogen-bond acceptors (Lipinski definition) is 7. The fraction of sp³-hybridized carbons (Fsp3) is 0.0714. The van der Waals surface area contributed by atoms with Gasteiger partial charge < -0.3 is 25.7 Å². The number of carboxylic acid groups (broad SMARTS) is 2. The zero-order valence-electron chi connectivity index (χ0n) is 12.9. The maximum absolute atomic E-state index is 14.5. The lowest BCUT2D eigenvalue weighted by atomic mass is 9.94. The molecular formula is C14H10FN3O8. The Morgan fingerprint density at radius 2 is 1.85 bits per heavy atom. The number of benzene rings is 1. The van der Waals surface area contributed by atoms with Crippen molar-refractivity contribution in [1.29, 1.82) is 0 Å². The first-order valence-electron chi connectivity index (χ1n) is 6.64. The number of anilines is 1. The van der Waals surface area contributed by atoms with E-state index in [1.807, 2.05) is 4.98 Å². The maximum Gasteiger partial charge on any atom is 0.342 e. The Hall–Kier alpha value is -3.96. The number of ether oxygens (including phenoxy) is 1. The number of nitrogens with zero attached hydrogens (tertiary/aromatic N) is 1. The van der Waals surface area contributed by atoms with Crippen LogP contribution in [0.15, 0.2) is 16.9 Å². The Morgan fingerprint density at radius 1 is 1.27 bits per heavy atom. The summed E-state index contributed by atoms with van der Waals surface area (Å²) in [4.78, 5) is 46.8. The van der Waals surface area contributed by atoms with Crippen molar-refractivity contribution in [3.8, 4) is 16.9 Å². The van der Waals surface area contributed by atoms with Crippen LogP contribution in [0.1, 0.15) is 20.7 Å². The van der Waals surface area contributed by atoms with E-state index in [0.717, 1.165) is 7.11 Å². The molecule has 0 fully saturated rings. The van der Waals surface area contributed by atoms with Gasteiger partial charge in [-0.05, 0) is 0 Å². The second-order valence-electron chi connectivity index (χ2n) is 4.86. The summed E-state index contributed by atoms with van der Waals surface area (Å²) in [5.41, 5.74) is -0.384. The molecule has 0 atom stereocenters. The number of aromatic carboxylic acids is 2. The minimum atomic E-state index is -1.87. The number of carboxylic acids is 2. The number of carbonyl (C=O) groups is 2. The van der Waals surface area contributed by atoms with Crippen LogP contribution in [0.5, 0.6) is 5.75 Å². The molecule has 0 unspecified atom stereocenters. The summed E-state index contributed by atoms with van der Waals surface area (Å²) in [5.74, 6) is -6.11. The number of nitro groups is 1. The summed E-state index contributed by atoms with van der Waals surface area (Å²) < 4.78 is 19.1. The highest BCUT2D eigenvalue weighted by molar-refractivity contribution is 6.07. The quantitative estimate of drug-likeness (QED) is 0.443. The van der Waals surface area contributed by atoms with Gasteiger partial charge in [-0.25, -0.2) is 14.0 Å². The molecule has 0 aliphatic heterocycles. The van der Waals surface area contributed by atoms with Gasteiger partial charge in [0, 0.05) is 23.3 Å². The Balaban J connectivity index is 3.07. The van der Waals surface area contributed by atoms with Gasteiger partial charge in [-0.3, -0.25) is 14.9 Å². The summed E-state index contributed by atoms with van der Waals surface area (Å²) in [6, 6.07) is 1.14. The maximum atomic E-state index is 14.5. The molecule has 0 spiro atoms. The fourth-order valence-electron chi connectivity index (χ4n) is 2.36. The lowest BCUT2D eigenvalue weighted by molar-refractivity contribution is -0.385. The number of aromatic nitrogens is 1. The molecule has 0 saturated heterocycles. The lowest BCUT2D eigenvalue weighted by Crippen LogP contribution is -2.24. The number of hydrogen-bond donors (Lipinski definition) is 4. The first kappa shape index (κ1) is 18.4. The van der Waals surface area contributed by atoms with Crippen LogP contribution in [0.3, 0.4) is 0 Å². The lowest BCUT2D eigenvalue weighted by Gasteiger charge is -2.13. The van der Waals surface area contributed by atoms with Crippen LogP contribution in [0.4, 0.5) is 15.9 Å². The van der Waals surface area contributed by atoms with Gasteiger partial charge in [0.25, 0.3) is 5.56 Å². The summed E-state index contributed by atoms with van der Waals surface area (Å²) in [5, 5.41) is 29.7. The SMILES string of the molecule is COc1cc(F)c(-c2c(C(=O)O)c(N)[nH]c(=O)c2C(=O)O)cc1[N+](=O)[O-]. The Morgan fingerprint density at radius 3 is 2.31 bits per heavy atom. The predicted octanol–water partition coefficient (Wildman–Crippen LogP) is 1.08. The van der Waals surface area contributed by atoms with Crippen molar-refractivity contribution in [2.75, 3.05) is 12.8 Å². The smallest absolute Gasteiger partial charge is 0.342 e. The number of methoxy groups -OCH3 is 1. The number of nitrogen functional groups attached to an aromatic ring is 1. The average molecular weight is 367 g/mol. The summed E-state index contributed by atoms with van der Waals surface area (Å²) in [6.45, 7) is 0. The van der Waals surface area contributed by atoms with Crippen LogP contribution in [0, 0.1) is 15.9 Å². The highest BCUT2D eigenvalue weighted by Gasteiger charge is 2.30. The van der Waals surface area contributed by atoms with Crippen molar-refractivity contribution in [2.45, 2.75) is 0 Å². The van der Waals surface area contributed by atoms with Crippen molar-refractivity contribution in [3.63, 3.8) is 0 Å². The third kappa shape index (κ3) is 2.90. The van der Waals surface area contributed by atoms with E-state index in [-0.39, 0.29) is 0 Å². The zero-order chi connectivity index (χ0) is 19.8. The van der Waals surface area contributed by atoms with Crippen molar-refractivity contribution >= 4 is 23.4 Å². The topological polar surface area (TPSA) is 186 Å². The third-order valence-corrected chi connectivity index (χ3v) is 3.41. The minimum absolute atomic E-state index is 0.484. The first-order chi connectivity index (χ1) is 12.1. The standard InChI is InChI=1S/C14H10FN3O8/c1-26-7-3-5(15)4(2-6(7)18(24)25)8-9(13(20)21)11(16)17-12(19)10(8)14(22)23/h2-3H,1H3,(H,20,21)(H,22,23)(H3,16,17,19). The summed E-state index contributed by atoms with van der Waals surface area (Å²) >= 11 is 0. The number of pyridine rings is 1. The van der Waals surface area contributed by atoms with E-state index < -0.39 is 67.7 Å². The van der Waals surface area contributed by atoms with E-state index in [9.17, 15) is 39.1 Å². The second-order valence-corrected chi connectivity index (χ2v) is 4.86. The van der Waals surface area contributed by atoms with Crippen LogP contribution in [0.25, 0.3) is 11.1 Å². The molecule has 2 rings (SSSR count). The minimum Gasteiger partial charge on any atom is -0.490 e. The van der Waals surface area contributed by atoms with Crippen LogP contribution in [-0.4, -0.2) is 39.2 Å². The van der Waals surface area contributed by atoms with Crippen molar-refractivity contribution in [1.82, 2.24) is 4.98 Å². The Bertz CT molecular complexity index is 1010. The van der Waals surface area contributed by atoms with Gasteiger partial charge >= 0.3 is 17.6 Å². The third-order valence-electron chi connectivity index (χ3n) is 3.41. The molecule has 1 heterocycles. The molecule has 12 heteroatoms. The van der Waals surface area contributed by atoms with Crippen LogP contribution in [0.2, 0.25) is 0 Å². The average Bonchev–Trinajstić information content (AvgIpc) is 2.52. The van der Waals surface area contributed by atoms with Gasteiger partial charge in [-0.2, -0.15) is 0 Å². The number of H-pyrrole nitrogens is 1. The zero-order valence-corrected chi connectivity index (χ0v) is 12.9. The molecule has 5 N–H and O–H groups in total. The number of aromatic amines is 1. The molecule has 1 aromatic carbocycles. The number of nitrogens with two attached hydrogens (primary N) is 1. The molecule has 0 saturated carbocycles. The Labute approximate surface area is 142 Å². The number of rotatable bonds is 5. The van der Waals surface area contributed by atoms with Crippen LogP contribution >= 0.6 is 0 Å². The van der Waals surface area contributed by atoms with Gasteiger partial charge in [-0.15, -0.1) is 0 Å². The predicted molar refractivity (Wildman–Crippen MR) is 84.0 cm³/mol. The molecular weight excluding hydrogens is 357 g/mol. The van der Waals surface area contributed by atoms with E-state index >= 15 is 0 Å². The van der Waals surface area contributed by atoms with Gasteiger partial charge in [0.15, 0.2) is 5.75 Å². The van der Waals surface area contributed by atoms with Gasteiger partial charge in [0.2, 0.25) is 0 Å². The van der Waals surface area contributed by atoms with Crippen molar-refractivity contribution < 1.29 is 33.9 Å². The highest BCUT2D eigenvalue weighted by Crippen LogP contribution is 2.37. The van der Waals surface area contributed by atoms with Crippen LogP contribution < -0.4 is 16.0 Å². The second kappa shape index (κ2) is 6.51. The van der Waals surface area contributed by atoms with Crippen LogP contribution in [-0.2, 0) is 0 Å². The van der Waals surface area contributed by atoms with Gasteiger partial charge in [0.1, 0.15) is 22.8 Å². The van der Waals surface area contributed by atoms with E-state index in [4.69, 9.17) is 5.73 Å². The molecule has 0 aliphatic rings. The molecule has 2 aromatic rings. The largest absolute Gasteiger partial charge is 0.490 e. The van der Waals surface area contributed by atoms with E-state index in [1.54, 1.807) is 0 Å². The first-order valence-corrected chi connectivity index (χ1v) is 6.64. The number of halogens is 1. The van der Waals surface area contributed by atoms with E-state index in [1.165, 1.54) is 0 Å². The highest BCUT2D eigenvalue weighted by atomic mass is 19.1. The van der Waals surface area contributed by atoms with Gasteiger partial charge in [-0.1, -0.05) is 0 Å². The monoisotopic (exact) mass is 367 g/mol. The molecule has 0 aliphatic carbocycles. The molecule has 0 bridgehead atoms. The molecule has 0 radical (unpaired) electrons. The number of nitro benzene ring substituents is 1. The van der Waals surface area contributed by atoms with Gasteiger partial charge in [0.05, 0.1) is 12.0 Å². The summed E-state index contributed by atoms with van der Waals surface area (Å²) in [7, 11) is 1.04. The molecule has 136 valence electrons. The fourth-order valence-corrected chi connectivity index (χ4v) is 2.36. The normalized spacial score (nSPS) is 10.4. The number of nitrogens with one attached hydrogen (secondary N) is 1. The molecule has 11 nitrogen and oxygen atoms in total. The van der Waals surface area contributed by atoms with Crippen molar-refractivity contribution in [2.24, 2.45) is 0 Å².